The van der Waals surface area contributed by atoms with Crippen LogP contribution in [0.2, 0.25) is 0 Å². The lowest BCUT2D eigenvalue weighted by atomic mass is 10.1. The maximum absolute atomic E-state index is 11.5. The third kappa shape index (κ3) is 2.21. The maximum atomic E-state index is 11.5. The standard InChI is InChI=1S/C11H11BrO3/c1-4-8(13)7-5-6-9(14-2)11(15-3)10(7)12/h4-6H,1H2,2-3H3. The predicted molar refractivity (Wildman–Crippen MR) is 61.8 cm³/mol. The first-order chi connectivity index (χ1) is 7.15. The van der Waals surface area contributed by atoms with Crippen LogP contribution in [-0.2, 0) is 0 Å². The van der Waals surface area contributed by atoms with Gasteiger partial charge >= 0.3 is 0 Å². The van der Waals surface area contributed by atoms with E-state index in [1.807, 2.05) is 0 Å². The highest BCUT2D eigenvalue weighted by Gasteiger charge is 2.15. The fourth-order valence-corrected chi connectivity index (χ4v) is 1.87. The molecule has 15 heavy (non-hydrogen) atoms. The molecule has 0 radical (unpaired) electrons. The highest BCUT2D eigenvalue weighted by molar-refractivity contribution is 9.10. The zero-order valence-electron chi connectivity index (χ0n) is 8.54. The summed E-state index contributed by atoms with van der Waals surface area (Å²) in [7, 11) is 3.06. The summed E-state index contributed by atoms with van der Waals surface area (Å²) < 4.78 is 10.8. The van der Waals surface area contributed by atoms with Gasteiger partial charge in [-0.05, 0) is 34.1 Å². The SMILES string of the molecule is C=CC(=O)c1ccc(OC)c(OC)c1Br. The van der Waals surface area contributed by atoms with Crippen molar-refractivity contribution in [3.8, 4) is 11.5 Å². The minimum absolute atomic E-state index is 0.164. The van der Waals surface area contributed by atoms with Crippen molar-refractivity contribution in [1.82, 2.24) is 0 Å². The van der Waals surface area contributed by atoms with E-state index in [1.165, 1.54) is 13.2 Å². The Balaban J connectivity index is 3.35. The summed E-state index contributed by atoms with van der Waals surface area (Å²) in [6.07, 6.45) is 1.26. The second-order valence-corrected chi connectivity index (χ2v) is 3.52. The van der Waals surface area contributed by atoms with Crippen LogP contribution in [-0.4, -0.2) is 20.0 Å². The summed E-state index contributed by atoms with van der Waals surface area (Å²) in [5, 5.41) is 0. The van der Waals surface area contributed by atoms with E-state index in [0.717, 1.165) is 0 Å². The molecule has 1 aromatic carbocycles. The average Bonchev–Trinajstić information content (AvgIpc) is 2.27. The van der Waals surface area contributed by atoms with Gasteiger partial charge in [0.05, 0.1) is 18.7 Å². The van der Waals surface area contributed by atoms with Crippen LogP contribution < -0.4 is 9.47 Å². The van der Waals surface area contributed by atoms with Gasteiger partial charge in [0.25, 0.3) is 0 Å². The fourth-order valence-electron chi connectivity index (χ4n) is 1.19. The molecule has 0 aromatic heterocycles. The monoisotopic (exact) mass is 270 g/mol. The van der Waals surface area contributed by atoms with Crippen LogP contribution in [0.3, 0.4) is 0 Å². The van der Waals surface area contributed by atoms with E-state index >= 15 is 0 Å². The molecule has 0 N–H and O–H groups in total. The number of rotatable bonds is 4. The van der Waals surface area contributed by atoms with Gasteiger partial charge < -0.3 is 9.47 Å². The number of benzene rings is 1. The van der Waals surface area contributed by atoms with Gasteiger partial charge in [-0.3, -0.25) is 4.79 Å². The van der Waals surface area contributed by atoms with E-state index in [0.29, 0.717) is 21.5 Å². The van der Waals surface area contributed by atoms with Gasteiger partial charge in [0.1, 0.15) is 0 Å². The molecule has 4 heteroatoms. The van der Waals surface area contributed by atoms with Crippen LogP contribution in [0.1, 0.15) is 10.4 Å². The largest absolute Gasteiger partial charge is 0.493 e. The molecule has 0 atom stereocenters. The molecular weight excluding hydrogens is 260 g/mol. The molecule has 80 valence electrons. The highest BCUT2D eigenvalue weighted by Crippen LogP contribution is 2.37. The molecule has 0 saturated carbocycles. The van der Waals surface area contributed by atoms with E-state index < -0.39 is 0 Å². The number of halogens is 1. The summed E-state index contributed by atoms with van der Waals surface area (Å²) in [5.74, 6) is 0.915. The lowest BCUT2D eigenvalue weighted by Crippen LogP contribution is -1.99. The van der Waals surface area contributed by atoms with Crippen LogP contribution in [0, 0.1) is 0 Å². The zero-order chi connectivity index (χ0) is 11.4. The van der Waals surface area contributed by atoms with E-state index in [2.05, 4.69) is 22.5 Å². The molecule has 0 unspecified atom stereocenters. The summed E-state index contributed by atoms with van der Waals surface area (Å²) in [6, 6.07) is 3.34. The molecule has 0 fully saturated rings. The molecule has 0 bridgehead atoms. The van der Waals surface area contributed by atoms with Gasteiger partial charge in [-0.2, -0.15) is 0 Å². The first-order valence-electron chi connectivity index (χ1n) is 4.23. The third-order valence-electron chi connectivity index (χ3n) is 1.94. The Hall–Kier alpha value is -1.29. The Morgan fingerprint density at radius 3 is 2.53 bits per heavy atom. The molecule has 1 rings (SSSR count). The van der Waals surface area contributed by atoms with Gasteiger partial charge in [-0.25, -0.2) is 0 Å². The zero-order valence-corrected chi connectivity index (χ0v) is 10.1. The molecule has 1 aromatic rings. The molecule has 0 amide bonds. The van der Waals surface area contributed by atoms with Crippen molar-refractivity contribution < 1.29 is 14.3 Å². The molecule has 3 nitrogen and oxygen atoms in total. The van der Waals surface area contributed by atoms with Gasteiger partial charge in [0, 0.05) is 5.56 Å². The predicted octanol–water partition coefficient (Wildman–Crippen LogP) is 2.84. The summed E-state index contributed by atoms with van der Waals surface area (Å²) in [5.41, 5.74) is 0.502. The van der Waals surface area contributed by atoms with Crippen molar-refractivity contribution >= 4 is 21.7 Å². The molecule has 0 aliphatic heterocycles. The Bertz CT molecular complexity index is 399. The van der Waals surface area contributed by atoms with Crippen molar-refractivity contribution in [2.75, 3.05) is 14.2 Å². The number of carbonyl (C=O) groups excluding carboxylic acids is 1. The van der Waals surface area contributed by atoms with Crippen LogP contribution in [0.15, 0.2) is 29.3 Å². The molecule has 0 spiro atoms. The van der Waals surface area contributed by atoms with E-state index in [9.17, 15) is 4.79 Å². The van der Waals surface area contributed by atoms with Crippen LogP contribution >= 0.6 is 15.9 Å². The molecule has 0 heterocycles. The Morgan fingerprint density at radius 1 is 1.40 bits per heavy atom. The van der Waals surface area contributed by atoms with Crippen LogP contribution in [0.5, 0.6) is 11.5 Å². The van der Waals surface area contributed by atoms with Gasteiger partial charge in [-0.15, -0.1) is 0 Å². The van der Waals surface area contributed by atoms with Crippen molar-refractivity contribution in [3.63, 3.8) is 0 Å². The molecule has 0 aliphatic rings. The third-order valence-corrected chi connectivity index (χ3v) is 2.72. The van der Waals surface area contributed by atoms with Crippen molar-refractivity contribution in [2.45, 2.75) is 0 Å². The molecule has 0 saturated heterocycles. The number of methoxy groups -OCH3 is 2. The lowest BCUT2D eigenvalue weighted by molar-refractivity contribution is 0.104. The van der Waals surface area contributed by atoms with Gasteiger partial charge in [0.2, 0.25) is 0 Å². The lowest BCUT2D eigenvalue weighted by Gasteiger charge is -2.11. The topological polar surface area (TPSA) is 35.5 Å². The fraction of sp³-hybridized carbons (Fsp3) is 0.182. The van der Waals surface area contributed by atoms with Crippen LogP contribution in [0.25, 0.3) is 0 Å². The van der Waals surface area contributed by atoms with Gasteiger partial charge in [0.15, 0.2) is 17.3 Å². The number of allylic oxidation sites excluding steroid dienone is 1. The van der Waals surface area contributed by atoms with Gasteiger partial charge in [-0.1, -0.05) is 6.58 Å². The quantitative estimate of drug-likeness (QED) is 0.624. The number of hydrogen-bond acceptors (Lipinski definition) is 3. The van der Waals surface area contributed by atoms with E-state index in [1.54, 1.807) is 19.2 Å². The number of ether oxygens (including phenoxy) is 2. The van der Waals surface area contributed by atoms with Crippen molar-refractivity contribution in [3.05, 3.63) is 34.8 Å². The first-order valence-corrected chi connectivity index (χ1v) is 5.02. The Kier molecular flexibility index (Phi) is 3.91. The second-order valence-electron chi connectivity index (χ2n) is 2.73. The molecular formula is C11H11BrO3. The van der Waals surface area contributed by atoms with Crippen molar-refractivity contribution in [2.24, 2.45) is 0 Å². The van der Waals surface area contributed by atoms with Crippen molar-refractivity contribution in [1.29, 1.82) is 0 Å². The van der Waals surface area contributed by atoms with E-state index in [-0.39, 0.29) is 5.78 Å². The normalized spacial score (nSPS) is 9.53. The summed E-state index contributed by atoms with van der Waals surface area (Å²) >= 11 is 3.30. The number of hydrogen-bond donors (Lipinski definition) is 0. The van der Waals surface area contributed by atoms with Crippen LogP contribution in [0.4, 0.5) is 0 Å². The first kappa shape index (κ1) is 11.8. The Morgan fingerprint density at radius 2 is 2.07 bits per heavy atom. The highest BCUT2D eigenvalue weighted by atomic mass is 79.9. The van der Waals surface area contributed by atoms with E-state index in [4.69, 9.17) is 9.47 Å². The minimum Gasteiger partial charge on any atom is -0.493 e. The minimum atomic E-state index is -0.164. The Labute approximate surface area is 96.8 Å². The summed E-state index contributed by atoms with van der Waals surface area (Å²) in [6.45, 7) is 3.43. The average molecular weight is 271 g/mol. The maximum Gasteiger partial charge on any atom is 0.186 e. The number of carbonyl (C=O) groups is 1. The smallest absolute Gasteiger partial charge is 0.186 e. The summed E-state index contributed by atoms with van der Waals surface area (Å²) in [4.78, 5) is 11.5. The second kappa shape index (κ2) is 4.98. The molecule has 0 aliphatic carbocycles. The number of ketones is 1.